The van der Waals surface area contributed by atoms with Crippen LogP contribution in [0.25, 0.3) is 0 Å². The molecule has 0 aliphatic rings. The maximum absolute atomic E-state index is 12.0. The molecule has 0 radical (unpaired) electrons. The van der Waals surface area contributed by atoms with E-state index >= 15 is 0 Å². The molecule has 1 N–H and O–H groups in total. The largest absolute Gasteiger partial charge is 0.472 e. The van der Waals surface area contributed by atoms with E-state index in [0.717, 1.165) is 5.56 Å². The molecule has 1 aromatic heterocycles. The van der Waals surface area contributed by atoms with Gasteiger partial charge >= 0.3 is 0 Å². The van der Waals surface area contributed by atoms with Gasteiger partial charge in [-0.2, -0.15) is 0 Å². The first kappa shape index (κ1) is 13.5. The van der Waals surface area contributed by atoms with Crippen LogP contribution < -0.4 is 5.32 Å². The lowest BCUT2D eigenvalue weighted by molar-refractivity contribution is -0.384. The molecule has 0 saturated heterocycles. The normalized spacial score (nSPS) is 10.2. The summed E-state index contributed by atoms with van der Waals surface area (Å²) in [7, 11) is 0. The molecule has 1 amide bonds. The molecule has 0 unspecified atom stereocenters. The van der Waals surface area contributed by atoms with Gasteiger partial charge in [0.05, 0.1) is 23.0 Å². The minimum atomic E-state index is -0.525. The number of hydrogen-bond acceptors (Lipinski definition) is 4. The highest BCUT2D eigenvalue weighted by atomic mass is 127. The van der Waals surface area contributed by atoms with Crippen molar-refractivity contribution in [1.29, 1.82) is 0 Å². The van der Waals surface area contributed by atoms with Crippen molar-refractivity contribution in [2.24, 2.45) is 0 Å². The van der Waals surface area contributed by atoms with Gasteiger partial charge < -0.3 is 9.73 Å². The first-order valence-electron chi connectivity index (χ1n) is 5.31. The average molecular weight is 372 g/mol. The van der Waals surface area contributed by atoms with Crippen molar-refractivity contribution in [3.63, 3.8) is 0 Å². The fraction of sp³-hybridized carbons (Fsp3) is 0.0833. The molecule has 2 aromatic rings. The van der Waals surface area contributed by atoms with E-state index in [2.05, 4.69) is 5.32 Å². The van der Waals surface area contributed by atoms with E-state index in [4.69, 9.17) is 4.42 Å². The summed E-state index contributed by atoms with van der Waals surface area (Å²) >= 11 is 1.97. The van der Waals surface area contributed by atoms with Crippen LogP contribution in [0.2, 0.25) is 0 Å². The molecule has 1 heterocycles. The summed E-state index contributed by atoms with van der Waals surface area (Å²) in [4.78, 5) is 22.1. The van der Waals surface area contributed by atoms with Crippen LogP contribution in [0, 0.1) is 13.7 Å². The van der Waals surface area contributed by atoms with Gasteiger partial charge in [0, 0.05) is 27.8 Å². The molecule has 0 spiro atoms. The van der Waals surface area contributed by atoms with Crippen LogP contribution in [-0.2, 0) is 6.54 Å². The van der Waals surface area contributed by atoms with Crippen LogP contribution in [0.5, 0.6) is 0 Å². The molecule has 98 valence electrons. The Morgan fingerprint density at radius 1 is 1.42 bits per heavy atom. The maximum Gasteiger partial charge on any atom is 0.270 e. The van der Waals surface area contributed by atoms with Gasteiger partial charge in [0.2, 0.25) is 0 Å². The number of benzene rings is 1. The van der Waals surface area contributed by atoms with Gasteiger partial charge in [-0.25, -0.2) is 0 Å². The second-order valence-corrected chi connectivity index (χ2v) is 4.90. The zero-order valence-electron chi connectivity index (χ0n) is 9.63. The zero-order chi connectivity index (χ0) is 13.8. The first-order valence-corrected chi connectivity index (χ1v) is 6.39. The van der Waals surface area contributed by atoms with Gasteiger partial charge in [-0.3, -0.25) is 14.9 Å². The van der Waals surface area contributed by atoms with Crippen molar-refractivity contribution in [2.75, 3.05) is 0 Å². The van der Waals surface area contributed by atoms with Gasteiger partial charge in [0.15, 0.2) is 0 Å². The standard InChI is InChI=1S/C12H9IN2O4/c13-11-2-1-9(15(17)18)5-10(11)12(16)14-6-8-3-4-19-7-8/h1-5,7H,6H2,(H,14,16). The number of amides is 1. The third-order valence-corrected chi connectivity index (χ3v) is 3.38. The fourth-order valence-electron chi connectivity index (χ4n) is 1.47. The van der Waals surface area contributed by atoms with E-state index in [0.29, 0.717) is 15.7 Å². The van der Waals surface area contributed by atoms with Crippen molar-refractivity contribution >= 4 is 34.2 Å². The van der Waals surface area contributed by atoms with Gasteiger partial charge in [-0.15, -0.1) is 0 Å². The molecular formula is C12H9IN2O4. The lowest BCUT2D eigenvalue weighted by atomic mass is 10.2. The van der Waals surface area contributed by atoms with Crippen LogP contribution in [0.3, 0.4) is 0 Å². The Bertz CT molecular complexity index is 610. The van der Waals surface area contributed by atoms with E-state index in [1.807, 2.05) is 22.6 Å². The summed E-state index contributed by atoms with van der Waals surface area (Å²) in [5.41, 5.74) is 1.01. The molecule has 1 aromatic carbocycles. The summed E-state index contributed by atoms with van der Waals surface area (Å²) in [6.45, 7) is 0.314. The summed E-state index contributed by atoms with van der Waals surface area (Å²) in [6, 6.07) is 5.92. The Morgan fingerprint density at radius 3 is 2.84 bits per heavy atom. The lowest BCUT2D eigenvalue weighted by Gasteiger charge is -2.05. The van der Waals surface area contributed by atoms with Crippen LogP contribution in [0.1, 0.15) is 15.9 Å². The fourth-order valence-corrected chi connectivity index (χ4v) is 2.05. The molecule has 0 bridgehead atoms. The zero-order valence-corrected chi connectivity index (χ0v) is 11.8. The third-order valence-electron chi connectivity index (χ3n) is 2.44. The van der Waals surface area contributed by atoms with Gasteiger partial charge in [0.25, 0.3) is 11.6 Å². The minimum Gasteiger partial charge on any atom is -0.472 e. The third kappa shape index (κ3) is 3.31. The van der Waals surface area contributed by atoms with Crippen LogP contribution in [0.4, 0.5) is 5.69 Å². The van der Waals surface area contributed by atoms with Crippen LogP contribution in [0.15, 0.2) is 41.2 Å². The Hall–Kier alpha value is -1.90. The molecule has 0 saturated carbocycles. The van der Waals surface area contributed by atoms with E-state index < -0.39 is 4.92 Å². The topological polar surface area (TPSA) is 85.4 Å². The monoisotopic (exact) mass is 372 g/mol. The molecule has 7 heteroatoms. The van der Waals surface area contributed by atoms with Crippen molar-refractivity contribution < 1.29 is 14.1 Å². The molecule has 0 fully saturated rings. The first-order chi connectivity index (χ1) is 9.08. The molecule has 0 atom stereocenters. The van der Waals surface area contributed by atoms with E-state index in [9.17, 15) is 14.9 Å². The number of hydrogen-bond donors (Lipinski definition) is 1. The predicted octanol–water partition coefficient (Wildman–Crippen LogP) is 2.72. The summed E-state index contributed by atoms with van der Waals surface area (Å²) in [5, 5.41) is 13.4. The molecular weight excluding hydrogens is 363 g/mol. The number of halogens is 1. The molecule has 2 rings (SSSR count). The average Bonchev–Trinajstić information content (AvgIpc) is 2.89. The Morgan fingerprint density at radius 2 is 2.21 bits per heavy atom. The molecule has 19 heavy (non-hydrogen) atoms. The quantitative estimate of drug-likeness (QED) is 0.508. The van der Waals surface area contributed by atoms with Gasteiger partial charge in [0.1, 0.15) is 0 Å². The van der Waals surface area contributed by atoms with Crippen molar-refractivity contribution in [2.45, 2.75) is 6.54 Å². The maximum atomic E-state index is 12.0. The smallest absolute Gasteiger partial charge is 0.270 e. The van der Waals surface area contributed by atoms with Crippen LogP contribution >= 0.6 is 22.6 Å². The second-order valence-electron chi connectivity index (χ2n) is 3.74. The van der Waals surface area contributed by atoms with Gasteiger partial charge in [-0.05, 0) is 34.7 Å². The highest BCUT2D eigenvalue weighted by molar-refractivity contribution is 14.1. The molecule has 0 aliphatic carbocycles. The number of carbonyl (C=O) groups excluding carboxylic acids is 1. The SMILES string of the molecule is O=C(NCc1ccoc1)c1cc([N+](=O)[O-])ccc1I. The predicted molar refractivity (Wildman–Crippen MR) is 75.7 cm³/mol. The number of non-ortho nitro benzene ring substituents is 1. The Kier molecular flexibility index (Phi) is 4.15. The summed E-state index contributed by atoms with van der Waals surface area (Å²) in [6.07, 6.45) is 3.04. The molecule has 0 aliphatic heterocycles. The van der Waals surface area contributed by atoms with E-state index in [1.54, 1.807) is 12.1 Å². The highest BCUT2D eigenvalue weighted by Crippen LogP contribution is 2.19. The summed E-state index contributed by atoms with van der Waals surface area (Å²) in [5.74, 6) is -0.352. The minimum absolute atomic E-state index is 0.103. The van der Waals surface area contributed by atoms with Gasteiger partial charge in [-0.1, -0.05) is 0 Å². The highest BCUT2D eigenvalue weighted by Gasteiger charge is 2.15. The van der Waals surface area contributed by atoms with Crippen molar-refractivity contribution in [3.8, 4) is 0 Å². The van der Waals surface area contributed by atoms with E-state index in [1.165, 1.54) is 24.7 Å². The number of rotatable bonds is 4. The van der Waals surface area contributed by atoms with Crippen LogP contribution in [-0.4, -0.2) is 10.8 Å². The van der Waals surface area contributed by atoms with Crippen molar-refractivity contribution in [1.82, 2.24) is 5.32 Å². The Labute approximate surface area is 122 Å². The van der Waals surface area contributed by atoms with E-state index in [-0.39, 0.29) is 11.6 Å². The number of nitrogens with one attached hydrogen (secondary N) is 1. The molecule has 6 nitrogen and oxygen atoms in total. The Balaban J connectivity index is 2.14. The summed E-state index contributed by atoms with van der Waals surface area (Å²) < 4.78 is 5.54. The lowest BCUT2D eigenvalue weighted by Crippen LogP contribution is -2.23. The number of furan rings is 1. The number of nitrogens with zero attached hydrogens (tertiary/aromatic N) is 1. The number of carbonyl (C=O) groups is 1. The number of nitro benzene ring substituents is 1. The number of nitro groups is 1. The second kappa shape index (κ2) is 5.83. The van der Waals surface area contributed by atoms with Crippen molar-refractivity contribution in [3.05, 3.63) is 61.6 Å².